The first-order valence-electron chi connectivity index (χ1n) is 13.1. The van der Waals surface area contributed by atoms with Crippen LogP contribution in [-0.4, -0.2) is 24.6 Å². The summed E-state index contributed by atoms with van der Waals surface area (Å²) in [6.45, 7) is 4.18. The number of nitrogens with two attached hydrogens (primary N) is 1. The highest BCUT2D eigenvalue weighted by molar-refractivity contribution is 5.84. The zero-order chi connectivity index (χ0) is 27.4. The topological polar surface area (TPSA) is 90.7 Å². The Labute approximate surface area is 228 Å². The summed E-state index contributed by atoms with van der Waals surface area (Å²) in [4.78, 5) is 24.9. The molecule has 4 aromatic carbocycles. The Morgan fingerprint density at radius 1 is 0.821 bits per heavy atom. The number of hydrogen-bond acceptors (Lipinski definition) is 4. The van der Waals surface area contributed by atoms with Crippen molar-refractivity contribution in [2.24, 2.45) is 5.73 Å². The van der Waals surface area contributed by atoms with Crippen LogP contribution in [0.4, 0.5) is 4.79 Å². The van der Waals surface area contributed by atoms with Gasteiger partial charge in [0, 0.05) is 12.3 Å². The van der Waals surface area contributed by atoms with E-state index in [1.807, 2.05) is 92.7 Å². The summed E-state index contributed by atoms with van der Waals surface area (Å²) in [5.41, 5.74) is 11.6. The molecule has 0 radical (unpaired) electrons. The number of benzene rings is 4. The normalized spacial score (nSPS) is 13.2. The van der Waals surface area contributed by atoms with E-state index in [-0.39, 0.29) is 18.9 Å². The van der Waals surface area contributed by atoms with Crippen molar-refractivity contribution < 1.29 is 19.1 Å². The molecule has 0 heterocycles. The molecule has 1 aliphatic carbocycles. The number of hydrogen-bond donors (Lipinski definition) is 2. The second-order valence-electron chi connectivity index (χ2n) is 10.3. The lowest BCUT2D eigenvalue weighted by atomic mass is 9.98. The maximum absolute atomic E-state index is 12.7. The Kier molecular flexibility index (Phi) is 7.37. The van der Waals surface area contributed by atoms with Crippen molar-refractivity contribution in [3.8, 4) is 16.9 Å². The number of ether oxygens (including phenoxy) is 2. The molecular weight excluding hydrogens is 488 g/mol. The fourth-order valence-electron chi connectivity index (χ4n) is 5.13. The molecule has 0 saturated heterocycles. The summed E-state index contributed by atoms with van der Waals surface area (Å²) in [7, 11) is 0. The number of alkyl carbamates (subject to hydrolysis) is 1. The molecule has 39 heavy (non-hydrogen) atoms. The van der Waals surface area contributed by atoms with Crippen LogP contribution in [0.25, 0.3) is 11.1 Å². The number of carbonyl (C=O) groups excluding carboxylic acids is 2. The molecule has 1 aliphatic rings. The number of rotatable bonds is 9. The zero-order valence-electron chi connectivity index (χ0n) is 22.1. The van der Waals surface area contributed by atoms with Gasteiger partial charge in [0.15, 0.2) is 0 Å². The second kappa shape index (κ2) is 11.0. The van der Waals surface area contributed by atoms with Crippen LogP contribution in [0, 0.1) is 0 Å². The second-order valence-corrected chi connectivity index (χ2v) is 10.3. The number of nitrogens with one attached hydrogen (secondary N) is 1. The lowest BCUT2D eigenvalue weighted by Gasteiger charge is -2.27. The monoisotopic (exact) mass is 520 g/mol. The van der Waals surface area contributed by atoms with Crippen molar-refractivity contribution in [1.29, 1.82) is 0 Å². The number of amides is 2. The molecule has 0 fully saturated rings. The number of primary amides is 1. The molecule has 0 saturated carbocycles. The van der Waals surface area contributed by atoms with Crippen molar-refractivity contribution >= 4 is 12.0 Å². The van der Waals surface area contributed by atoms with Crippen LogP contribution < -0.4 is 15.8 Å². The first kappa shape index (κ1) is 26.0. The van der Waals surface area contributed by atoms with E-state index in [4.69, 9.17) is 15.2 Å². The summed E-state index contributed by atoms with van der Waals surface area (Å²) < 4.78 is 11.8. The maximum Gasteiger partial charge on any atom is 0.407 e. The van der Waals surface area contributed by atoms with Gasteiger partial charge in [0.2, 0.25) is 5.91 Å². The predicted octanol–water partition coefficient (Wildman–Crippen LogP) is 5.94. The minimum atomic E-state index is -0.909. The van der Waals surface area contributed by atoms with E-state index in [0.29, 0.717) is 5.75 Å². The fraction of sp³-hybridized carbons (Fsp3) is 0.212. The maximum atomic E-state index is 12.7. The third kappa shape index (κ3) is 5.80. The van der Waals surface area contributed by atoms with E-state index in [2.05, 4.69) is 29.6 Å². The molecule has 0 spiro atoms. The van der Waals surface area contributed by atoms with Crippen molar-refractivity contribution in [1.82, 2.24) is 5.32 Å². The van der Waals surface area contributed by atoms with Crippen molar-refractivity contribution in [3.63, 3.8) is 0 Å². The quantitative estimate of drug-likeness (QED) is 0.286. The van der Waals surface area contributed by atoms with Gasteiger partial charge in [-0.3, -0.25) is 4.79 Å². The Balaban J connectivity index is 1.19. The van der Waals surface area contributed by atoms with Crippen molar-refractivity contribution in [2.45, 2.75) is 37.8 Å². The van der Waals surface area contributed by atoms with Crippen LogP contribution in [-0.2, 0) is 21.6 Å². The van der Waals surface area contributed by atoms with Gasteiger partial charge in [-0.25, -0.2) is 4.79 Å². The summed E-state index contributed by atoms with van der Waals surface area (Å²) in [6, 6.07) is 32.8. The third-order valence-electron chi connectivity index (χ3n) is 7.18. The van der Waals surface area contributed by atoms with Crippen LogP contribution in [0.1, 0.15) is 42.0 Å². The van der Waals surface area contributed by atoms with Gasteiger partial charge in [-0.15, -0.1) is 0 Å². The van der Waals surface area contributed by atoms with Gasteiger partial charge < -0.3 is 20.5 Å². The van der Waals surface area contributed by atoms with Crippen LogP contribution >= 0.6 is 0 Å². The van der Waals surface area contributed by atoms with Crippen LogP contribution in [0.15, 0.2) is 103 Å². The molecule has 0 unspecified atom stereocenters. The summed E-state index contributed by atoms with van der Waals surface area (Å²) >= 11 is 0. The zero-order valence-corrected chi connectivity index (χ0v) is 22.1. The van der Waals surface area contributed by atoms with E-state index in [1.165, 1.54) is 0 Å². The SMILES string of the molecule is CC(C)(Oc1ccc(C[C@@H](NC(=O)OCC2c3ccccc3-c3ccccc32)C(N)=O)cc1)c1ccccc1. The summed E-state index contributed by atoms with van der Waals surface area (Å²) in [6.07, 6.45) is -0.438. The Hall–Kier alpha value is -4.58. The van der Waals surface area contributed by atoms with Gasteiger partial charge >= 0.3 is 6.09 Å². The first-order chi connectivity index (χ1) is 18.8. The van der Waals surface area contributed by atoms with E-state index in [9.17, 15) is 9.59 Å². The van der Waals surface area contributed by atoms with Gasteiger partial charge in [-0.2, -0.15) is 0 Å². The Morgan fingerprint density at radius 2 is 1.38 bits per heavy atom. The van der Waals surface area contributed by atoms with E-state index >= 15 is 0 Å². The molecule has 1 atom stereocenters. The Bertz CT molecular complexity index is 1420. The molecule has 5 rings (SSSR count). The standard InChI is InChI=1S/C33H32N2O4/c1-33(2,23-10-4-3-5-11-23)39-24-18-16-22(17-19-24)20-30(31(34)36)35-32(37)38-21-29-27-14-8-6-12-25(27)26-13-7-9-15-28(26)29/h3-19,29-30H,20-21H2,1-2H3,(H2,34,36)(H,35,37)/t30-/m1/s1. The average Bonchev–Trinajstić information content (AvgIpc) is 3.26. The van der Waals surface area contributed by atoms with E-state index in [0.717, 1.165) is 33.4 Å². The minimum absolute atomic E-state index is 0.0668. The molecular formula is C33H32N2O4. The number of carbonyl (C=O) groups is 2. The van der Waals surface area contributed by atoms with Crippen molar-refractivity contribution in [3.05, 3.63) is 125 Å². The largest absolute Gasteiger partial charge is 0.483 e. The third-order valence-corrected chi connectivity index (χ3v) is 7.18. The summed E-state index contributed by atoms with van der Waals surface area (Å²) in [5, 5.41) is 2.64. The van der Waals surface area contributed by atoms with Crippen LogP contribution in [0.3, 0.4) is 0 Å². The van der Waals surface area contributed by atoms with Crippen LogP contribution in [0.5, 0.6) is 5.75 Å². The van der Waals surface area contributed by atoms with Gasteiger partial charge in [-0.05, 0) is 59.4 Å². The smallest absolute Gasteiger partial charge is 0.407 e. The van der Waals surface area contributed by atoms with Gasteiger partial charge in [0.25, 0.3) is 0 Å². The first-order valence-corrected chi connectivity index (χ1v) is 13.1. The van der Waals surface area contributed by atoms with Crippen LogP contribution in [0.2, 0.25) is 0 Å². The molecule has 198 valence electrons. The Morgan fingerprint density at radius 3 is 1.97 bits per heavy atom. The highest BCUT2D eigenvalue weighted by Gasteiger charge is 2.29. The molecule has 2 amide bonds. The predicted molar refractivity (Wildman–Crippen MR) is 151 cm³/mol. The van der Waals surface area contributed by atoms with Gasteiger partial charge in [0.05, 0.1) is 0 Å². The molecule has 0 aromatic heterocycles. The van der Waals surface area contributed by atoms with Crippen molar-refractivity contribution in [2.75, 3.05) is 6.61 Å². The molecule has 0 bridgehead atoms. The van der Waals surface area contributed by atoms with E-state index in [1.54, 1.807) is 0 Å². The lowest BCUT2D eigenvalue weighted by Crippen LogP contribution is -2.46. The fourth-order valence-corrected chi connectivity index (χ4v) is 5.13. The molecule has 3 N–H and O–H groups in total. The van der Waals surface area contributed by atoms with E-state index < -0.39 is 23.6 Å². The highest BCUT2D eigenvalue weighted by Crippen LogP contribution is 2.44. The summed E-state index contributed by atoms with van der Waals surface area (Å²) in [5.74, 6) is 0.00428. The number of fused-ring (bicyclic) bond motifs is 3. The molecule has 4 aromatic rings. The van der Waals surface area contributed by atoms with Gasteiger partial charge in [-0.1, -0.05) is 91.0 Å². The molecule has 0 aliphatic heterocycles. The highest BCUT2D eigenvalue weighted by atomic mass is 16.5. The molecule has 6 nitrogen and oxygen atoms in total. The minimum Gasteiger partial charge on any atom is -0.483 e. The lowest BCUT2D eigenvalue weighted by molar-refractivity contribution is -0.119. The average molecular weight is 521 g/mol. The molecule has 6 heteroatoms. The van der Waals surface area contributed by atoms with Gasteiger partial charge in [0.1, 0.15) is 24.0 Å².